The van der Waals surface area contributed by atoms with Crippen LogP contribution in [-0.4, -0.2) is 48.8 Å². The maximum absolute atomic E-state index is 8.98. The molecule has 4 nitrogen and oxygen atoms in total. The van der Waals surface area contributed by atoms with Gasteiger partial charge in [-0.25, -0.2) is 0 Å². The van der Waals surface area contributed by atoms with E-state index in [1.807, 2.05) is 0 Å². The van der Waals surface area contributed by atoms with Gasteiger partial charge in [-0.2, -0.15) is 0 Å². The van der Waals surface area contributed by atoms with Crippen molar-refractivity contribution in [2.75, 3.05) is 26.4 Å². The van der Waals surface area contributed by atoms with E-state index in [2.05, 4.69) is 20.8 Å². The smallest absolute Gasteiger partial charge is 0.0701 e. The van der Waals surface area contributed by atoms with Crippen molar-refractivity contribution >= 4 is 0 Å². The molecule has 4 heteroatoms. The van der Waals surface area contributed by atoms with Gasteiger partial charge in [0.05, 0.1) is 38.6 Å². The van der Waals surface area contributed by atoms with Gasteiger partial charge in [0.25, 0.3) is 0 Å². The number of rotatable bonds is 10. The lowest BCUT2D eigenvalue weighted by atomic mass is 9.54. The second-order valence-electron chi connectivity index (χ2n) is 8.81. The lowest BCUT2D eigenvalue weighted by Crippen LogP contribution is -2.45. The molecule has 0 aromatic heterocycles. The van der Waals surface area contributed by atoms with E-state index in [9.17, 15) is 0 Å². The summed E-state index contributed by atoms with van der Waals surface area (Å²) in [4.78, 5) is 0. The molecule has 0 bridgehead atoms. The first-order valence-electron chi connectivity index (χ1n) is 11.0. The molecule has 2 N–H and O–H groups in total. The molecule has 2 saturated carbocycles. The molecule has 1 unspecified atom stereocenters. The van der Waals surface area contributed by atoms with Crippen LogP contribution in [0.1, 0.15) is 78.6 Å². The Balaban J connectivity index is 1.96. The fourth-order valence-corrected chi connectivity index (χ4v) is 5.72. The molecule has 0 aliphatic heterocycles. The van der Waals surface area contributed by atoms with Gasteiger partial charge in [-0.15, -0.1) is 0 Å². The summed E-state index contributed by atoms with van der Waals surface area (Å²) >= 11 is 0. The number of aliphatic hydroxyl groups excluding tert-OH is 2. The Morgan fingerprint density at radius 3 is 1.50 bits per heavy atom. The molecule has 0 spiro atoms. The molecule has 0 aromatic carbocycles. The van der Waals surface area contributed by atoms with Crippen LogP contribution in [0.25, 0.3) is 0 Å². The molecular formula is C22H42O4. The molecule has 2 fully saturated rings. The molecule has 2 rings (SSSR count). The summed E-state index contributed by atoms with van der Waals surface area (Å²) in [6, 6.07) is 0. The number of hydrogen-bond donors (Lipinski definition) is 2. The summed E-state index contributed by atoms with van der Waals surface area (Å²) in [6.45, 7) is 8.60. The highest BCUT2D eigenvalue weighted by atomic mass is 16.5. The van der Waals surface area contributed by atoms with Gasteiger partial charge in [-0.1, -0.05) is 27.2 Å². The predicted octanol–water partition coefficient (Wildman–Crippen LogP) is 4.17. The molecule has 0 aromatic rings. The zero-order chi connectivity index (χ0) is 19.0. The van der Waals surface area contributed by atoms with Crippen molar-refractivity contribution in [1.29, 1.82) is 0 Å². The normalized spacial score (nSPS) is 33.6. The van der Waals surface area contributed by atoms with E-state index in [1.54, 1.807) is 0 Å². The average molecular weight is 371 g/mol. The van der Waals surface area contributed by atoms with Crippen molar-refractivity contribution in [2.24, 2.45) is 23.2 Å². The number of aliphatic hydroxyl groups is 2. The van der Waals surface area contributed by atoms with E-state index in [1.165, 1.54) is 32.1 Å². The third-order valence-corrected chi connectivity index (χ3v) is 7.67. The first-order valence-corrected chi connectivity index (χ1v) is 11.0. The zero-order valence-corrected chi connectivity index (χ0v) is 17.3. The molecule has 2 aliphatic carbocycles. The first kappa shape index (κ1) is 22.1. The van der Waals surface area contributed by atoms with E-state index in [4.69, 9.17) is 19.7 Å². The Bertz CT molecular complexity index is 342. The maximum Gasteiger partial charge on any atom is 0.0701 e. The van der Waals surface area contributed by atoms with Crippen molar-refractivity contribution in [1.82, 2.24) is 0 Å². The minimum absolute atomic E-state index is 0.131. The fraction of sp³-hybridized carbons (Fsp3) is 1.00. The van der Waals surface area contributed by atoms with Crippen molar-refractivity contribution in [2.45, 2.75) is 90.8 Å². The molecular weight excluding hydrogens is 328 g/mol. The first-order chi connectivity index (χ1) is 12.6. The largest absolute Gasteiger partial charge is 0.394 e. The van der Waals surface area contributed by atoms with Crippen molar-refractivity contribution < 1.29 is 19.7 Å². The van der Waals surface area contributed by atoms with Gasteiger partial charge in [-0.3, -0.25) is 0 Å². The number of hydrogen-bond acceptors (Lipinski definition) is 4. The quantitative estimate of drug-likeness (QED) is 0.606. The molecule has 1 atom stereocenters. The van der Waals surface area contributed by atoms with E-state index in [0.29, 0.717) is 30.8 Å². The summed E-state index contributed by atoms with van der Waals surface area (Å²) in [5.41, 5.74) is 0.401. The Labute approximate surface area is 160 Å². The Hall–Kier alpha value is -0.160. The van der Waals surface area contributed by atoms with Crippen LogP contribution in [0.3, 0.4) is 0 Å². The highest BCUT2D eigenvalue weighted by Gasteiger charge is 2.46. The molecule has 26 heavy (non-hydrogen) atoms. The summed E-state index contributed by atoms with van der Waals surface area (Å²) in [5, 5.41) is 18.0. The fourth-order valence-electron chi connectivity index (χ4n) is 5.72. The second-order valence-corrected chi connectivity index (χ2v) is 8.81. The average Bonchev–Trinajstić information content (AvgIpc) is 2.70. The van der Waals surface area contributed by atoms with Crippen LogP contribution in [0.15, 0.2) is 0 Å². The third-order valence-electron chi connectivity index (χ3n) is 7.67. The Morgan fingerprint density at radius 2 is 1.19 bits per heavy atom. The second kappa shape index (κ2) is 11.0. The van der Waals surface area contributed by atoms with Crippen LogP contribution in [0.4, 0.5) is 0 Å². The SMILES string of the molecule is CCC(C)C(C)(C1CCC(OCCO)CC1)C1CCC(OCCO)CC1. The molecule has 0 heterocycles. The lowest BCUT2D eigenvalue weighted by Gasteiger charge is -2.52. The summed E-state index contributed by atoms with van der Waals surface area (Å²) in [5.74, 6) is 2.31. The Morgan fingerprint density at radius 1 is 0.808 bits per heavy atom. The molecule has 2 aliphatic rings. The zero-order valence-electron chi connectivity index (χ0n) is 17.3. The number of ether oxygens (including phenoxy) is 2. The van der Waals surface area contributed by atoms with E-state index >= 15 is 0 Å². The van der Waals surface area contributed by atoms with Crippen LogP contribution in [0.5, 0.6) is 0 Å². The topological polar surface area (TPSA) is 58.9 Å². The molecule has 154 valence electrons. The standard InChI is InChI=1S/C22H42O4/c1-4-17(2)22(3,18-5-9-20(10-6-18)25-15-13-23)19-7-11-21(12-8-19)26-16-14-24/h17-21,23-24H,4-16H2,1-3H3. The maximum atomic E-state index is 8.98. The van der Waals surface area contributed by atoms with Gasteiger partial charge in [0.1, 0.15) is 0 Å². The van der Waals surface area contributed by atoms with Crippen molar-refractivity contribution in [3.05, 3.63) is 0 Å². The summed E-state index contributed by atoms with van der Waals surface area (Å²) < 4.78 is 11.6. The third kappa shape index (κ3) is 5.43. The van der Waals surface area contributed by atoms with Gasteiger partial charge in [0.15, 0.2) is 0 Å². The van der Waals surface area contributed by atoms with Gasteiger partial charge >= 0.3 is 0 Å². The lowest BCUT2D eigenvalue weighted by molar-refractivity contribution is -0.0694. The van der Waals surface area contributed by atoms with Crippen LogP contribution in [0, 0.1) is 23.2 Å². The van der Waals surface area contributed by atoms with Gasteiger partial charge in [-0.05, 0) is 74.5 Å². The van der Waals surface area contributed by atoms with Crippen LogP contribution in [-0.2, 0) is 9.47 Å². The summed E-state index contributed by atoms with van der Waals surface area (Å²) in [7, 11) is 0. The van der Waals surface area contributed by atoms with Crippen molar-refractivity contribution in [3.8, 4) is 0 Å². The van der Waals surface area contributed by atoms with Crippen molar-refractivity contribution in [3.63, 3.8) is 0 Å². The molecule has 0 saturated heterocycles. The van der Waals surface area contributed by atoms with E-state index in [-0.39, 0.29) is 13.2 Å². The molecule has 0 radical (unpaired) electrons. The monoisotopic (exact) mass is 370 g/mol. The van der Waals surface area contributed by atoms with Gasteiger partial charge in [0.2, 0.25) is 0 Å². The van der Waals surface area contributed by atoms with Gasteiger partial charge in [0, 0.05) is 0 Å². The Kier molecular flexibility index (Phi) is 9.36. The highest BCUT2D eigenvalue weighted by molar-refractivity contribution is 4.96. The van der Waals surface area contributed by atoms with Gasteiger partial charge < -0.3 is 19.7 Å². The minimum Gasteiger partial charge on any atom is -0.394 e. The molecule has 0 amide bonds. The van der Waals surface area contributed by atoms with E-state index in [0.717, 1.165) is 43.4 Å². The minimum atomic E-state index is 0.131. The van der Waals surface area contributed by atoms with E-state index < -0.39 is 0 Å². The van der Waals surface area contributed by atoms with Crippen LogP contribution in [0.2, 0.25) is 0 Å². The van der Waals surface area contributed by atoms with Crippen LogP contribution < -0.4 is 0 Å². The van der Waals surface area contributed by atoms with Crippen LogP contribution >= 0.6 is 0 Å². The highest BCUT2D eigenvalue weighted by Crippen LogP contribution is 2.54. The predicted molar refractivity (Wildman–Crippen MR) is 105 cm³/mol. The summed E-state index contributed by atoms with van der Waals surface area (Å²) in [6.07, 6.45) is 11.6.